The van der Waals surface area contributed by atoms with Gasteiger partial charge < -0.3 is 9.84 Å². The number of nitrogens with one attached hydrogen (secondary N) is 1. The number of carbonyl (C=O) groups excluding carboxylic acids is 2. The molecule has 0 saturated heterocycles. The first-order chi connectivity index (χ1) is 13.4. The summed E-state index contributed by atoms with van der Waals surface area (Å²) in [5.41, 5.74) is 5.17. The van der Waals surface area contributed by atoms with Crippen LogP contribution in [0.1, 0.15) is 31.8 Å². The number of esters is 1. The molecule has 0 fully saturated rings. The molecule has 2 N–H and O–H groups in total. The van der Waals surface area contributed by atoms with Gasteiger partial charge in [-0.3, -0.25) is 9.63 Å². The zero-order valence-corrected chi connectivity index (χ0v) is 16.1. The van der Waals surface area contributed by atoms with E-state index in [9.17, 15) is 14.7 Å². The molecule has 0 aliphatic heterocycles. The van der Waals surface area contributed by atoms with Crippen LogP contribution in [-0.2, 0) is 9.57 Å². The van der Waals surface area contributed by atoms with Crippen molar-refractivity contribution in [3.63, 3.8) is 0 Å². The van der Waals surface area contributed by atoms with Crippen LogP contribution < -0.4 is 5.48 Å². The molecule has 0 saturated carbocycles. The Hall–Kier alpha value is -3.38. The maximum Gasteiger partial charge on any atom is 0.341 e. The van der Waals surface area contributed by atoms with Crippen molar-refractivity contribution >= 4 is 22.6 Å². The number of hydrogen-bond acceptors (Lipinski definition) is 5. The molecule has 0 aliphatic rings. The molecule has 3 aromatic rings. The highest BCUT2D eigenvalue weighted by molar-refractivity contribution is 6.12. The van der Waals surface area contributed by atoms with E-state index >= 15 is 0 Å². The quantitative estimate of drug-likeness (QED) is 0.530. The van der Waals surface area contributed by atoms with Gasteiger partial charge >= 0.3 is 5.97 Å². The number of aromatic hydroxyl groups is 1. The number of ether oxygens (including phenoxy) is 1. The number of fused-ring (bicyclic) bond motifs is 1. The Balaban J connectivity index is 2.48. The fourth-order valence-corrected chi connectivity index (χ4v) is 3.42. The van der Waals surface area contributed by atoms with E-state index in [2.05, 4.69) is 5.48 Å². The van der Waals surface area contributed by atoms with Crippen LogP contribution in [0, 0.1) is 13.8 Å². The number of hydrogen-bond donors (Lipinski definition) is 2. The van der Waals surface area contributed by atoms with E-state index in [0.717, 1.165) is 10.9 Å². The van der Waals surface area contributed by atoms with E-state index in [1.165, 1.54) is 14.2 Å². The predicted octanol–water partition coefficient (Wildman–Crippen LogP) is 3.91. The van der Waals surface area contributed by atoms with Gasteiger partial charge in [-0.2, -0.15) is 0 Å². The molecule has 1 amide bonds. The minimum absolute atomic E-state index is 0.0372. The summed E-state index contributed by atoms with van der Waals surface area (Å²) in [5, 5.41) is 12.5. The van der Waals surface area contributed by atoms with Crippen LogP contribution in [0.3, 0.4) is 0 Å². The van der Waals surface area contributed by atoms with Crippen LogP contribution in [0.15, 0.2) is 42.5 Å². The van der Waals surface area contributed by atoms with Crippen molar-refractivity contribution in [3.05, 3.63) is 64.7 Å². The van der Waals surface area contributed by atoms with E-state index in [4.69, 9.17) is 9.57 Å². The highest BCUT2D eigenvalue weighted by Gasteiger charge is 2.25. The van der Waals surface area contributed by atoms with Crippen molar-refractivity contribution < 1.29 is 24.3 Å². The zero-order valence-electron chi connectivity index (χ0n) is 16.1. The standard InChI is InChI=1S/C22H21NO5/c1-12-9-10-13(2)18(21(25)23-28-4)17(12)19-15-8-6-5-7-14(15)11-16(20(19)24)22(26)27-3/h5-11,24H,1-4H3,(H,23,25). The third-order valence-electron chi connectivity index (χ3n) is 4.72. The lowest BCUT2D eigenvalue weighted by Crippen LogP contribution is -2.24. The number of phenolic OH excluding ortho intramolecular Hbond substituents is 1. The van der Waals surface area contributed by atoms with Crippen molar-refractivity contribution in [1.82, 2.24) is 5.48 Å². The number of amides is 1. The number of hydroxylamine groups is 1. The molecule has 0 bridgehead atoms. The van der Waals surface area contributed by atoms with Crippen molar-refractivity contribution in [1.29, 1.82) is 0 Å². The molecule has 3 aromatic carbocycles. The van der Waals surface area contributed by atoms with Crippen LogP contribution in [0.2, 0.25) is 0 Å². The average Bonchev–Trinajstić information content (AvgIpc) is 2.69. The van der Waals surface area contributed by atoms with Crippen LogP contribution in [0.5, 0.6) is 5.75 Å². The van der Waals surface area contributed by atoms with Crippen molar-refractivity contribution in [2.24, 2.45) is 0 Å². The van der Waals surface area contributed by atoms with Crippen LogP contribution in [0.25, 0.3) is 21.9 Å². The normalized spacial score (nSPS) is 10.7. The van der Waals surface area contributed by atoms with Crippen LogP contribution in [0.4, 0.5) is 0 Å². The SMILES string of the molecule is CONC(=O)c1c(C)ccc(C)c1-c1c(O)c(C(=O)OC)cc2ccccc12. The highest BCUT2D eigenvalue weighted by atomic mass is 16.6. The second kappa shape index (κ2) is 7.70. The highest BCUT2D eigenvalue weighted by Crippen LogP contribution is 2.43. The van der Waals surface area contributed by atoms with E-state index in [0.29, 0.717) is 27.6 Å². The summed E-state index contributed by atoms with van der Waals surface area (Å²) in [4.78, 5) is 29.8. The topological polar surface area (TPSA) is 84.9 Å². The summed E-state index contributed by atoms with van der Waals surface area (Å²) < 4.78 is 4.83. The monoisotopic (exact) mass is 379 g/mol. The zero-order chi connectivity index (χ0) is 20.4. The molecule has 0 aliphatic carbocycles. The number of carbonyl (C=O) groups is 2. The Morgan fingerprint density at radius 2 is 1.64 bits per heavy atom. The molecular weight excluding hydrogens is 358 g/mol. The summed E-state index contributed by atoms with van der Waals surface area (Å²) in [6.07, 6.45) is 0. The minimum Gasteiger partial charge on any atom is -0.506 e. The Kier molecular flexibility index (Phi) is 5.33. The summed E-state index contributed by atoms with van der Waals surface area (Å²) in [6.45, 7) is 3.65. The number of phenols is 1. The second-order valence-corrected chi connectivity index (χ2v) is 6.45. The van der Waals surface area contributed by atoms with Gasteiger partial charge in [-0.1, -0.05) is 36.4 Å². The molecule has 0 radical (unpaired) electrons. The first-order valence-corrected chi connectivity index (χ1v) is 8.67. The number of methoxy groups -OCH3 is 1. The lowest BCUT2D eigenvalue weighted by molar-refractivity contribution is 0.0537. The number of benzene rings is 3. The van der Waals surface area contributed by atoms with Gasteiger partial charge in [-0.15, -0.1) is 0 Å². The molecule has 3 rings (SSSR count). The van der Waals surface area contributed by atoms with Crippen LogP contribution in [-0.4, -0.2) is 31.2 Å². The molecule has 0 atom stereocenters. The molecule has 0 aromatic heterocycles. The van der Waals surface area contributed by atoms with Gasteiger partial charge in [0.15, 0.2) is 0 Å². The third kappa shape index (κ3) is 3.18. The Morgan fingerprint density at radius 3 is 2.32 bits per heavy atom. The molecule has 0 spiro atoms. The maximum absolute atomic E-state index is 12.7. The molecular formula is C22H21NO5. The summed E-state index contributed by atoms with van der Waals surface area (Å²) in [5.74, 6) is -1.32. The van der Waals surface area contributed by atoms with Crippen molar-refractivity contribution in [2.45, 2.75) is 13.8 Å². The largest absolute Gasteiger partial charge is 0.506 e. The number of aryl methyl sites for hydroxylation is 2. The molecule has 6 heteroatoms. The average molecular weight is 379 g/mol. The first-order valence-electron chi connectivity index (χ1n) is 8.67. The Morgan fingerprint density at radius 1 is 0.964 bits per heavy atom. The number of rotatable bonds is 4. The van der Waals surface area contributed by atoms with Gasteiger partial charge in [0.1, 0.15) is 11.3 Å². The molecule has 0 unspecified atom stereocenters. The molecule has 28 heavy (non-hydrogen) atoms. The van der Waals surface area contributed by atoms with Crippen molar-refractivity contribution in [2.75, 3.05) is 14.2 Å². The van der Waals surface area contributed by atoms with Gasteiger partial charge in [0.2, 0.25) is 0 Å². The Labute approximate surface area is 162 Å². The maximum atomic E-state index is 12.7. The Bertz CT molecular complexity index is 1090. The first kappa shape index (κ1) is 19.4. The van der Waals surface area contributed by atoms with Gasteiger partial charge in [0.25, 0.3) is 5.91 Å². The second-order valence-electron chi connectivity index (χ2n) is 6.45. The lowest BCUT2D eigenvalue weighted by Gasteiger charge is -2.19. The lowest BCUT2D eigenvalue weighted by atomic mass is 9.86. The molecule has 0 heterocycles. The smallest absolute Gasteiger partial charge is 0.341 e. The van der Waals surface area contributed by atoms with Crippen LogP contribution >= 0.6 is 0 Å². The summed E-state index contributed by atoms with van der Waals surface area (Å²) >= 11 is 0. The van der Waals surface area contributed by atoms with E-state index < -0.39 is 11.9 Å². The van der Waals surface area contributed by atoms with Gasteiger partial charge in [0.05, 0.1) is 19.8 Å². The van der Waals surface area contributed by atoms with E-state index in [1.54, 1.807) is 13.0 Å². The predicted molar refractivity (Wildman–Crippen MR) is 106 cm³/mol. The minimum atomic E-state index is -0.655. The fourth-order valence-electron chi connectivity index (χ4n) is 3.42. The van der Waals surface area contributed by atoms with E-state index in [1.807, 2.05) is 43.3 Å². The summed E-state index contributed by atoms with van der Waals surface area (Å²) in [7, 11) is 2.61. The van der Waals surface area contributed by atoms with Gasteiger partial charge in [-0.05, 0) is 41.8 Å². The summed E-state index contributed by atoms with van der Waals surface area (Å²) in [6, 6.07) is 12.6. The molecule has 6 nitrogen and oxygen atoms in total. The fraction of sp³-hybridized carbons (Fsp3) is 0.182. The molecule has 144 valence electrons. The van der Waals surface area contributed by atoms with Gasteiger partial charge in [0, 0.05) is 11.1 Å². The van der Waals surface area contributed by atoms with Crippen molar-refractivity contribution in [3.8, 4) is 16.9 Å². The van der Waals surface area contributed by atoms with Gasteiger partial charge in [-0.25, -0.2) is 10.3 Å². The van der Waals surface area contributed by atoms with E-state index in [-0.39, 0.29) is 11.3 Å². The third-order valence-corrected chi connectivity index (χ3v) is 4.72.